The molecule has 0 fully saturated rings. The molecule has 0 bridgehead atoms. The Labute approximate surface area is 108 Å². The Morgan fingerprint density at radius 3 is 2.89 bits per heavy atom. The van der Waals surface area contributed by atoms with Crippen LogP contribution in [0.3, 0.4) is 0 Å². The van der Waals surface area contributed by atoms with Crippen LogP contribution in [0, 0.1) is 11.6 Å². The summed E-state index contributed by atoms with van der Waals surface area (Å²) in [6.07, 6.45) is 0.894. The lowest BCUT2D eigenvalue weighted by molar-refractivity contribution is 0.478. The van der Waals surface area contributed by atoms with Gasteiger partial charge in [0.25, 0.3) is 0 Å². The van der Waals surface area contributed by atoms with E-state index in [2.05, 4.69) is 14.9 Å². The highest BCUT2D eigenvalue weighted by Gasteiger charge is 2.21. The number of hydrogen-bond acceptors (Lipinski definition) is 4. The first-order valence-corrected chi connectivity index (χ1v) is 6.52. The largest absolute Gasteiger partial charge is 0.305 e. The van der Waals surface area contributed by atoms with Crippen molar-refractivity contribution < 1.29 is 8.78 Å². The number of aromatic nitrogens is 2. The zero-order valence-electron chi connectivity index (χ0n) is 9.86. The zero-order chi connectivity index (χ0) is 13.0. The number of rotatable bonds is 5. The van der Waals surface area contributed by atoms with E-state index in [1.54, 1.807) is 11.4 Å². The number of hydrogen-bond donors (Lipinski definition) is 1. The highest BCUT2D eigenvalue weighted by atomic mass is 32.1. The molecule has 1 heterocycles. The molecule has 0 amide bonds. The Bertz CT molecular complexity index is 502. The molecule has 1 aromatic heterocycles. The van der Waals surface area contributed by atoms with Crippen LogP contribution < -0.4 is 5.32 Å². The maximum atomic E-state index is 13.8. The molecule has 0 radical (unpaired) electrons. The molecule has 0 aliphatic rings. The van der Waals surface area contributed by atoms with Crippen LogP contribution >= 0.6 is 11.5 Å². The van der Waals surface area contributed by atoms with Gasteiger partial charge in [-0.05, 0) is 30.6 Å². The molecule has 1 N–H and O–H groups in total. The van der Waals surface area contributed by atoms with Gasteiger partial charge >= 0.3 is 0 Å². The minimum Gasteiger partial charge on any atom is -0.305 e. The third-order valence-electron chi connectivity index (χ3n) is 2.56. The molecular weight excluding hydrogens is 256 g/mol. The quantitative estimate of drug-likeness (QED) is 0.907. The Balaban J connectivity index is 2.37. The van der Waals surface area contributed by atoms with Gasteiger partial charge in [0.05, 0.1) is 11.7 Å². The van der Waals surface area contributed by atoms with E-state index in [0.29, 0.717) is 12.2 Å². The summed E-state index contributed by atoms with van der Waals surface area (Å²) in [7, 11) is 0. The molecule has 0 saturated carbocycles. The number of halogens is 2. The second kappa shape index (κ2) is 5.97. The van der Waals surface area contributed by atoms with Crippen LogP contribution in [0.25, 0.3) is 0 Å². The normalized spacial score (nSPS) is 12.6. The van der Waals surface area contributed by atoms with E-state index in [-0.39, 0.29) is 5.56 Å². The first-order valence-electron chi connectivity index (χ1n) is 5.68. The maximum absolute atomic E-state index is 13.8. The third kappa shape index (κ3) is 2.70. The summed E-state index contributed by atoms with van der Waals surface area (Å²) in [5.41, 5.74) is 0.870. The fourth-order valence-electron chi connectivity index (χ4n) is 1.70. The van der Waals surface area contributed by atoms with Crippen molar-refractivity contribution in [3.05, 3.63) is 46.5 Å². The monoisotopic (exact) mass is 269 g/mol. The van der Waals surface area contributed by atoms with Crippen molar-refractivity contribution in [1.29, 1.82) is 0 Å². The second-order valence-corrected chi connectivity index (χ2v) is 4.47. The van der Waals surface area contributed by atoms with Crippen molar-refractivity contribution >= 4 is 11.5 Å². The van der Waals surface area contributed by atoms with Crippen LogP contribution in [0.2, 0.25) is 0 Å². The van der Waals surface area contributed by atoms with Gasteiger partial charge in [-0.3, -0.25) is 0 Å². The fraction of sp³-hybridized carbons (Fsp3) is 0.333. The van der Waals surface area contributed by atoms with Crippen LogP contribution in [0.15, 0.2) is 23.6 Å². The van der Waals surface area contributed by atoms with Crippen LogP contribution in [-0.2, 0) is 0 Å². The average molecular weight is 269 g/mol. The lowest BCUT2D eigenvalue weighted by Gasteiger charge is -2.17. The maximum Gasteiger partial charge on any atom is 0.163 e. The summed E-state index contributed by atoms with van der Waals surface area (Å²) < 4.78 is 30.8. The SMILES string of the molecule is CCCNC(c1csnn1)c1cccc(F)c1F. The Hall–Kier alpha value is -1.40. The van der Waals surface area contributed by atoms with Crippen LogP contribution in [-0.4, -0.2) is 16.1 Å². The average Bonchev–Trinajstić information content (AvgIpc) is 2.88. The van der Waals surface area contributed by atoms with Crippen molar-refractivity contribution in [3.63, 3.8) is 0 Å². The Morgan fingerprint density at radius 1 is 1.39 bits per heavy atom. The first kappa shape index (κ1) is 13.0. The molecule has 6 heteroatoms. The second-order valence-electron chi connectivity index (χ2n) is 3.86. The summed E-state index contributed by atoms with van der Waals surface area (Å²) >= 11 is 1.19. The highest BCUT2D eigenvalue weighted by Crippen LogP contribution is 2.24. The van der Waals surface area contributed by atoms with Gasteiger partial charge in [0.15, 0.2) is 11.6 Å². The van der Waals surface area contributed by atoms with Crippen LogP contribution in [0.1, 0.15) is 30.6 Å². The Morgan fingerprint density at radius 2 is 2.22 bits per heavy atom. The summed E-state index contributed by atoms with van der Waals surface area (Å²) in [5, 5.41) is 8.82. The van der Waals surface area contributed by atoms with Gasteiger partial charge in [0, 0.05) is 10.9 Å². The molecule has 0 saturated heterocycles. The summed E-state index contributed by atoms with van der Waals surface area (Å²) in [4.78, 5) is 0. The molecule has 0 spiro atoms. The van der Waals surface area contributed by atoms with Gasteiger partial charge in [-0.1, -0.05) is 23.5 Å². The molecular formula is C12H13F2N3S. The number of nitrogens with one attached hydrogen (secondary N) is 1. The highest BCUT2D eigenvalue weighted by molar-refractivity contribution is 7.03. The van der Waals surface area contributed by atoms with E-state index in [0.717, 1.165) is 12.5 Å². The van der Waals surface area contributed by atoms with E-state index in [1.807, 2.05) is 6.92 Å². The fourth-order valence-corrected chi connectivity index (χ4v) is 2.18. The van der Waals surface area contributed by atoms with Crippen LogP contribution in [0.5, 0.6) is 0 Å². The first-order chi connectivity index (χ1) is 8.74. The van der Waals surface area contributed by atoms with Crippen LogP contribution in [0.4, 0.5) is 8.78 Å². The number of benzene rings is 1. The predicted molar refractivity (Wildman–Crippen MR) is 66.4 cm³/mol. The van der Waals surface area contributed by atoms with E-state index in [4.69, 9.17) is 0 Å². The van der Waals surface area contributed by atoms with Gasteiger partial charge in [0.1, 0.15) is 0 Å². The molecule has 2 rings (SSSR count). The standard InChI is InChI=1S/C12H13F2N3S/c1-2-6-15-12(10-7-18-17-16-10)8-4-3-5-9(13)11(8)14/h3-5,7,12,15H,2,6H2,1H3. The lowest BCUT2D eigenvalue weighted by atomic mass is 10.0. The Kier molecular flexibility index (Phi) is 4.33. The molecule has 0 aliphatic heterocycles. The van der Waals surface area contributed by atoms with Gasteiger partial charge in [-0.25, -0.2) is 8.78 Å². The van der Waals surface area contributed by atoms with E-state index < -0.39 is 17.7 Å². The van der Waals surface area contributed by atoms with E-state index >= 15 is 0 Å². The topological polar surface area (TPSA) is 37.8 Å². The molecule has 1 unspecified atom stereocenters. The van der Waals surface area contributed by atoms with Gasteiger partial charge in [-0.2, -0.15) is 0 Å². The summed E-state index contributed by atoms with van der Waals surface area (Å²) in [6, 6.07) is 3.70. The zero-order valence-corrected chi connectivity index (χ0v) is 10.7. The van der Waals surface area contributed by atoms with Gasteiger partial charge in [-0.15, -0.1) is 5.10 Å². The summed E-state index contributed by atoms with van der Waals surface area (Å²) in [6.45, 7) is 2.70. The van der Waals surface area contributed by atoms with E-state index in [1.165, 1.54) is 17.6 Å². The smallest absolute Gasteiger partial charge is 0.163 e. The minimum atomic E-state index is -0.848. The molecule has 18 heavy (non-hydrogen) atoms. The molecule has 1 aromatic carbocycles. The third-order valence-corrected chi connectivity index (χ3v) is 3.09. The van der Waals surface area contributed by atoms with E-state index in [9.17, 15) is 8.78 Å². The van der Waals surface area contributed by atoms with Crippen molar-refractivity contribution in [2.75, 3.05) is 6.54 Å². The molecule has 3 nitrogen and oxygen atoms in total. The predicted octanol–water partition coefficient (Wildman–Crippen LogP) is 2.91. The summed E-state index contributed by atoms with van der Waals surface area (Å²) in [5.74, 6) is -1.68. The van der Waals surface area contributed by atoms with Crippen molar-refractivity contribution in [2.24, 2.45) is 0 Å². The molecule has 2 aromatic rings. The minimum absolute atomic E-state index is 0.260. The molecule has 96 valence electrons. The lowest BCUT2D eigenvalue weighted by Crippen LogP contribution is -2.24. The number of nitrogens with zero attached hydrogens (tertiary/aromatic N) is 2. The molecule has 0 aliphatic carbocycles. The van der Waals surface area contributed by atoms with Gasteiger partial charge in [0.2, 0.25) is 0 Å². The van der Waals surface area contributed by atoms with Crippen molar-refractivity contribution in [1.82, 2.24) is 14.9 Å². The van der Waals surface area contributed by atoms with Gasteiger partial charge < -0.3 is 5.32 Å². The van der Waals surface area contributed by atoms with Crippen molar-refractivity contribution in [2.45, 2.75) is 19.4 Å². The van der Waals surface area contributed by atoms with Crippen molar-refractivity contribution in [3.8, 4) is 0 Å². The molecule has 1 atom stereocenters.